The molecule has 6 rings (SSSR count). The van der Waals surface area contributed by atoms with Crippen LogP contribution in [0.4, 0.5) is 17.1 Å². The number of ether oxygens (including phenoxy) is 1. The number of nitro benzene ring substituents is 1. The molecule has 2 aromatic heterocycles. The molecule has 3 heterocycles. The van der Waals surface area contributed by atoms with Gasteiger partial charge in [0.05, 0.1) is 28.4 Å². The van der Waals surface area contributed by atoms with Crippen molar-refractivity contribution in [2.24, 2.45) is 0 Å². The molecule has 2 amide bonds. The lowest BCUT2D eigenvalue weighted by Crippen LogP contribution is -2.49. The lowest BCUT2D eigenvalue weighted by Gasteiger charge is -2.36. The van der Waals surface area contributed by atoms with Gasteiger partial charge in [-0.2, -0.15) is 0 Å². The van der Waals surface area contributed by atoms with E-state index in [-0.39, 0.29) is 33.9 Å². The van der Waals surface area contributed by atoms with Crippen LogP contribution in [0.2, 0.25) is 5.02 Å². The Bertz CT molecular complexity index is 2010. The van der Waals surface area contributed by atoms with E-state index in [0.29, 0.717) is 65.9 Å². The molecule has 0 aliphatic carbocycles. The van der Waals surface area contributed by atoms with Crippen LogP contribution in [0.1, 0.15) is 26.5 Å². The predicted molar refractivity (Wildman–Crippen MR) is 177 cm³/mol. The Balaban J connectivity index is 1.19. The largest absolute Gasteiger partial charge is 0.496 e. The smallest absolute Gasteiger partial charge is 0.294 e. The van der Waals surface area contributed by atoms with Crippen molar-refractivity contribution < 1.29 is 34.0 Å². The molecule has 0 spiro atoms. The number of nitrogens with one attached hydrogen (secondary N) is 1. The fourth-order valence-electron chi connectivity index (χ4n) is 5.64. The van der Waals surface area contributed by atoms with Gasteiger partial charge in [0.2, 0.25) is 0 Å². The first-order valence-corrected chi connectivity index (χ1v) is 15.1. The highest BCUT2D eigenvalue weighted by molar-refractivity contribution is 6.33. The number of piperazine rings is 1. The number of methoxy groups -OCH3 is 1. The van der Waals surface area contributed by atoms with Crippen LogP contribution in [0.25, 0.3) is 16.9 Å². The number of rotatable bonds is 8. The summed E-state index contributed by atoms with van der Waals surface area (Å²) in [5, 5.41) is 38.7. The van der Waals surface area contributed by atoms with Gasteiger partial charge in [-0.15, -0.1) is 0 Å². The minimum atomic E-state index is -0.636. The van der Waals surface area contributed by atoms with Crippen molar-refractivity contribution in [2.75, 3.05) is 43.5 Å². The monoisotopic (exact) mass is 672 g/mol. The number of carbonyl (C=O) groups excluding carboxylic acids is 2. The number of para-hydroxylation sites is 1. The van der Waals surface area contributed by atoms with E-state index >= 15 is 0 Å². The Hall–Kier alpha value is -6.02. The van der Waals surface area contributed by atoms with Crippen LogP contribution < -0.4 is 15.0 Å². The van der Waals surface area contributed by atoms with Crippen LogP contribution in [0, 0.1) is 17.0 Å². The first-order valence-electron chi connectivity index (χ1n) is 14.7. The van der Waals surface area contributed by atoms with E-state index in [4.69, 9.17) is 20.9 Å². The Morgan fingerprint density at radius 1 is 1.00 bits per heavy atom. The molecule has 1 aliphatic heterocycles. The maximum atomic E-state index is 13.7. The van der Waals surface area contributed by atoms with Crippen molar-refractivity contribution >= 4 is 40.5 Å². The number of hydrogen-bond acceptors (Lipinski definition) is 10. The molecule has 0 saturated carbocycles. The van der Waals surface area contributed by atoms with Crippen molar-refractivity contribution in [3.8, 4) is 34.5 Å². The van der Waals surface area contributed by atoms with Crippen molar-refractivity contribution in [2.45, 2.75) is 6.92 Å². The molecule has 1 fully saturated rings. The zero-order chi connectivity index (χ0) is 34.1. The summed E-state index contributed by atoms with van der Waals surface area (Å²) in [6.45, 7) is 3.00. The van der Waals surface area contributed by atoms with Crippen LogP contribution in [0.5, 0.6) is 17.5 Å². The van der Waals surface area contributed by atoms with Crippen molar-refractivity contribution in [1.82, 2.24) is 14.6 Å². The number of halogens is 1. The summed E-state index contributed by atoms with van der Waals surface area (Å²) in [7, 11) is 1.54. The van der Waals surface area contributed by atoms with E-state index in [1.165, 1.54) is 60.2 Å². The maximum Gasteiger partial charge on any atom is 0.294 e. The molecule has 3 N–H and O–H groups in total. The standard InChI is InChI=1S/C33H29ClN6O8/c1-19-30(31(36-48-19)22-5-3-4-6-27(22)47-2)33(44)38-15-13-37(14-16-38)25-18-24(26(40(45)46)17-23(25)34)35-32(43)20-7-9-21(10-8-20)39-28(41)11-12-29(39)42/h3-12,17-18,41-42H,13-16H2,1-2H3,(H,35,43). The molecule has 15 heteroatoms. The number of aromatic nitrogens is 2. The Labute approximate surface area is 278 Å². The van der Waals surface area contributed by atoms with Crippen molar-refractivity contribution in [3.05, 3.63) is 105 Å². The number of nitro groups is 1. The van der Waals surface area contributed by atoms with Crippen LogP contribution in [0.15, 0.2) is 77.3 Å². The molecule has 0 bridgehead atoms. The maximum absolute atomic E-state index is 13.7. The molecular weight excluding hydrogens is 644 g/mol. The van der Waals surface area contributed by atoms with E-state index in [1.54, 1.807) is 24.0 Å². The summed E-state index contributed by atoms with van der Waals surface area (Å²) in [6, 6.07) is 18.4. The van der Waals surface area contributed by atoms with E-state index in [2.05, 4.69) is 10.5 Å². The summed E-state index contributed by atoms with van der Waals surface area (Å²) >= 11 is 6.53. The van der Waals surface area contributed by atoms with E-state index in [9.17, 15) is 29.9 Å². The molecule has 0 unspecified atom stereocenters. The second-order valence-corrected chi connectivity index (χ2v) is 11.3. The highest BCUT2D eigenvalue weighted by Gasteiger charge is 2.31. The number of nitrogens with zero attached hydrogens (tertiary/aromatic N) is 5. The molecule has 48 heavy (non-hydrogen) atoms. The van der Waals surface area contributed by atoms with Gasteiger partial charge in [-0.1, -0.05) is 28.9 Å². The zero-order valence-electron chi connectivity index (χ0n) is 25.7. The van der Waals surface area contributed by atoms with Gasteiger partial charge in [0.1, 0.15) is 28.5 Å². The zero-order valence-corrected chi connectivity index (χ0v) is 26.5. The van der Waals surface area contributed by atoms with Crippen LogP contribution >= 0.6 is 11.6 Å². The Morgan fingerprint density at radius 3 is 2.31 bits per heavy atom. The van der Waals surface area contributed by atoms with E-state index in [1.807, 2.05) is 17.0 Å². The number of carbonyl (C=O) groups is 2. The van der Waals surface area contributed by atoms with Gasteiger partial charge in [0, 0.05) is 55.5 Å². The molecular formula is C33H29ClN6O8. The fourth-order valence-corrected chi connectivity index (χ4v) is 5.92. The molecule has 0 radical (unpaired) electrons. The lowest BCUT2D eigenvalue weighted by atomic mass is 10.0. The second-order valence-electron chi connectivity index (χ2n) is 10.9. The summed E-state index contributed by atoms with van der Waals surface area (Å²) in [5.74, 6) is -0.335. The predicted octanol–water partition coefficient (Wildman–Crippen LogP) is 5.64. The number of amides is 2. The number of aryl methyl sites for hydroxylation is 1. The number of anilines is 2. The van der Waals surface area contributed by atoms with Gasteiger partial charge in [-0.05, 0) is 49.4 Å². The highest BCUT2D eigenvalue weighted by atomic mass is 35.5. The average molecular weight is 673 g/mol. The van der Waals surface area contributed by atoms with Gasteiger partial charge >= 0.3 is 0 Å². The fraction of sp³-hybridized carbons (Fsp3) is 0.182. The highest BCUT2D eigenvalue weighted by Crippen LogP contribution is 2.38. The third kappa shape index (κ3) is 5.96. The average Bonchev–Trinajstić information content (AvgIpc) is 3.65. The van der Waals surface area contributed by atoms with E-state index < -0.39 is 16.5 Å². The molecule has 5 aromatic rings. The van der Waals surface area contributed by atoms with E-state index in [0.717, 1.165) is 0 Å². The minimum Gasteiger partial charge on any atom is -0.496 e. The van der Waals surface area contributed by atoms with Crippen LogP contribution in [-0.4, -0.2) is 74.9 Å². The molecule has 14 nitrogen and oxygen atoms in total. The first kappa shape index (κ1) is 31.9. The Kier molecular flexibility index (Phi) is 8.65. The molecule has 1 saturated heterocycles. The number of benzene rings is 3. The van der Waals surface area contributed by atoms with Gasteiger partial charge in [-0.3, -0.25) is 24.3 Å². The summed E-state index contributed by atoms with van der Waals surface area (Å²) in [6.07, 6.45) is 0. The normalized spacial score (nSPS) is 13.0. The molecule has 0 atom stereocenters. The third-order valence-corrected chi connectivity index (χ3v) is 8.39. The van der Waals surface area contributed by atoms with Gasteiger partial charge in [-0.25, -0.2) is 0 Å². The van der Waals surface area contributed by atoms with Crippen molar-refractivity contribution in [3.63, 3.8) is 0 Å². The SMILES string of the molecule is COc1ccccc1-c1noc(C)c1C(=O)N1CCN(c2cc(NC(=O)c3ccc(-n4c(O)ccc4O)cc3)c([N+](=O)[O-])cc2Cl)CC1. The molecule has 3 aromatic carbocycles. The third-order valence-electron chi connectivity index (χ3n) is 8.08. The molecule has 1 aliphatic rings. The quantitative estimate of drug-likeness (QED) is 0.138. The van der Waals surface area contributed by atoms with Gasteiger partial charge < -0.3 is 34.6 Å². The first-order chi connectivity index (χ1) is 23.1. The van der Waals surface area contributed by atoms with Crippen molar-refractivity contribution in [1.29, 1.82) is 0 Å². The minimum absolute atomic E-state index is 0.0609. The second kappa shape index (κ2) is 13.0. The topological polar surface area (TPSA) is 176 Å². The summed E-state index contributed by atoms with van der Waals surface area (Å²) < 4.78 is 12.1. The van der Waals surface area contributed by atoms with Crippen LogP contribution in [-0.2, 0) is 0 Å². The van der Waals surface area contributed by atoms with Crippen LogP contribution in [0.3, 0.4) is 0 Å². The van der Waals surface area contributed by atoms with Gasteiger partial charge in [0.15, 0.2) is 11.8 Å². The summed E-state index contributed by atoms with van der Waals surface area (Å²) in [4.78, 5) is 41.7. The Morgan fingerprint density at radius 2 is 1.67 bits per heavy atom. The van der Waals surface area contributed by atoms with Gasteiger partial charge in [0.25, 0.3) is 17.5 Å². The number of hydrogen-bond donors (Lipinski definition) is 3. The summed E-state index contributed by atoms with van der Waals surface area (Å²) in [5.41, 5.74) is 1.92. The molecule has 246 valence electrons. The lowest BCUT2D eigenvalue weighted by molar-refractivity contribution is -0.383. The number of aromatic hydroxyl groups is 2.